The van der Waals surface area contributed by atoms with Gasteiger partial charge >= 0.3 is 5.97 Å². The number of fused-ring (bicyclic) bond motifs is 1. The number of esters is 1. The predicted octanol–water partition coefficient (Wildman–Crippen LogP) is 5.49. The third-order valence-electron chi connectivity index (χ3n) is 5.42. The van der Waals surface area contributed by atoms with Gasteiger partial charge in [0.25, 0.3) is 0 Å². The Bertz CT molecular complexity index is 654. The van der Waals surface area contributed by atoms with Crippen LogP contribution in [0.4, 0.5) is 0 Å². The Labute approximate surface area is 153 Å². The summed E-state index contributed by atoms with van der Waals surface area (Å²) < 4.78 is 11.6. The van der Waals surface area contributed by atoms with Crippen molar-refractivity contribution in [1.29, 1.82) is 0 Å². The van der Waals surface area contributed by atoms with E-state index in [2.05, 4.69) is 52.1 Å². The summed E-state index contributed by atoms with van der Waals surface area (Å²) in [6.45, 7) is 14.2. The fraction of sp³-hybridized carbons (Fsp3) is 0.571. The van der Waals surface area contributed by atoms with E-state index in [1.54, 1.807) is 6.08 Å². The number of hydrogen-bond acceptors (Lipinski definition) is 3. The maximum atomic E-state index is 12.0. The maximum Gasteiger partial charge on any atom is 0.331 e. The largest absolute Gasteiger partial charge is 0.463 e. The van der Waals surface area contributed by atoms with Crippen molar-refractivity contribution in [3.8, 4) is 0 Å². The van der Waals surface area contributed by atoms with Crippen molar-refractivity contribution in [3.63, 3.8) is 0 Å². The molecule has 0 bridgehead atoms. The van der Waals surface area contributed by atoms with Gasteiger partial charge in [0, 0.05) is 6.08 Å². The van der Waals surface area contributed by atoms with Crippen LogP contribution in [-0.4, -0.2) is 20.9 Å². The SMILES string of the molecule is CCOC(=O)/C=C1\CCCc2cccc(CO[Si](C)(C)C(C)(C)C)c21. The molecule has 0 amide bonds. The van der Waals surface area contributed by atoms with Gasteiger partial charge in [0.05, 0.1) is 13.2 Å². The molecule has 0 spiro atoms. The highest BCUT2D eigenvalue weighted by molar-refractivity contribution is 6.74. The molecule has 0 unspecified atom stereocenters. The first-order valence-electron chi connectivity index (χ1n) is 9.28. The van der Waals surface area contributed by atoms with Crippen LogP contribution in [0, 0.1) is 0 Å². The Morgan fingerprint density at radius 2 is 1.96 bits per heavy atom. The fourth-order valence-electron chi connectivity index (χ4n) is 2.93. The van der Waals surface area contributed by atoms with Gasteiger partial charge in [-0.3, -0.25) is 0 Å². The highest BCUT2D eigenvalue weighted by Crippen LogP contribution is 2.39. The lowest BCUT2D eigenvalue weighted by Gasteiger charge is -2.36. The number of carbonyl (C=O) groups excluding carboxylic acids is 1. The molecule has 1 aliphatic carbocycles. The van der Waals surface area contributed by atoms with Crippen molar-refractivity contribution in [2.75, 3.05) is 6.61 Å². The number of allylic oxidation sites excluding steroid dienone is 1. The Hall–Kier alpha value is -1.39. The number of carbonyl (C=O) groups is 1. The van der Waals surface area contributed by atoms with Crippen LogP contribution in [0.1, 0.15) is 57.2 Å². The lowest BCUT2D eigenvalue weighted by molar-refractivity contribution is -0.137. The smallest absolute Gasteiger partial charge is 0.331 e. The van der Waals surface area contributed by atoms with E-state index < -0.39 is 8.32 Å². The molecule has 1 aromatic rings. The Morgan fingerprint density at radius 3 is 2.60 bits per heavy atom. The first-order valence-corrected chi connectivity index (χ1v) is 12.2. The molecule has 0 fully saturated rings. The minimum Gasteiger partial charge on any atom is -0.463 e. The third kappa shape index (κ3) is 4.82. The number of benzene rings is 1. The molecule has 0 aliphatic heterocycles. The zero-order chi connectivity index (χ0) is 18.7. The van der Waals surface area contributed by atoms with Crippen molar-refractivity contribution >= 4 is 19.9 Å². The van der Waals surface area contributed by atoms with Crippen LogP contribution in [0.5, 0.6) is 0 Å². The van der Waals surface area contributed by atoms with E-state index >= 15 is 0 Å². The van der Waals surface area contributed by atoms with Crippen LogP contribution in [0.15, 0.2) is 24.3 Å². The van der Waals surface area contributed by atoms with Crippen LogP contribution in [0.25, 0.3) is 5.57 Å². The molecule has 138 valence electrons. The molecule has 0 saturated carbocycles. The molecule has 1 aliphatic rings. The summed E-state index contributed by atoms with van der Waals surface area (Å²) >= 11 is 0. The predicted molar refractivity (Wildman–Crippen MR) is 106 cm³/mol. The van der Waals surface area contributed by atoms with E-state index in [9.17, 15) is 4.79 Å². The summed E-state index contributed by atoms with van der Waals surface area (Å²) in [6.07, 6.45) is 4.73. The fourth-order valence-corrected chi connectivity index (χ4v) is 3.88. The average Bonchev–Trinajstić information content (AvgIpc) is 2.52. The van der Waals surface area contributed by atoms with Crippen LogP contribution >= 0.6 is 0 Å². The summed E-state index contributed by atoms with van der Waals surface area (Å²) in [4.78, 5) is 12.0. The van der Waals surface area contributed by atoms with Crippen molar-refractivity contribution in [2.45, 2.75) is 71.7 Å². The number of ether oxygens (including phenoxy) is 1. The quantitative estimate of drug-likeness (QED) is 0.395. The molecule has 1 aromatic carbocycles. The summed E-state index contributed by atoms with van der Waals surface area (Å²) in [7, 11) is -1.81. The van der Waals surface area contributed by atoms with Gasteiger partial charge < -0.3 is 9.16 Å². The molecule has 0 radical (unpaired) electrons. The van der Waals surface area contributed by atoms with Crippen LogP contribution < -0.4 is 0 Å². The van der Waals surface area contributed by atoms with E-state index in [1.807, 2.05) is 6.92 Å². The van der Waals surface area contributed by atoms with Gasteiger partial charge in [0.1, 0.15) is 0 Å². The average molecular weight is 361 g/mol. The molecule has 0 atom stereocenters. The molecule has 4 heteroatoms. The highest BCUT2D eigenvalue weighted by atomic mass is 28.4. The monoisotopic (exact) mass is 360 g/mol. The Kier molecular flexibility index (Phi) is 6.28. The van der Waals surface area contributed by atoms with Gasteiger partial charge in [-0.15, -0.1) is 0 Å². The second kappa shape index (κ2) is 7.88. The molecular weight excluding hydrogens is 328 g/mol. The molecule has 0 aromatic heterocycles. The van der Waals surface area contributed by atoms with Crippen molar-refractivity contribution in [3.05, 3.63) is 41.0 Å². The van der Waals surface area contributed by atoms with Gasteiger partial charge in [-0.25, -0.2) is 4.79 Å². The first-order chi connectivity index (χ1) is 11.7. The van der Waals surface area contributed by atoms with Crippen LogP contribution in [-0.2, 0) is 27.0 Å². The van der Waals surface area contributed by atoms with E-state index in [-0.39, 0.29) is 11.0 Å². The molecule has 0 heterocycles. The molecular formula is C21H32O3Si. The van der Waals surface area contributed by atoms with E-state index in [4.69, 9.17) is 9.16 Å². The highest BCUT2D eigenvalue weighted by Gasteiger charge is 2.37. The summed E-state index contributed by atoms with van der Waals surface area (Å²) in [5.41, 5.74) is 4.81. The van der Waals surface area contributed by atoms with Gasteiger partial charge in [0.2, 0.25) is 0 Å². The summed E-state index contributed by atoms with van der Waals surface area (Å²) in [6, 6.07) is 6.41. The molecule has 3 nitrogen and oxygen atoms in total. The minimum absolute atomic E-state index is 0.186. The lowest BCUT2D eigenvalue weighted by atomic mass is 9.84. The van der Waals surface area contributed by atoms with Gasteiger partial charge in [-0.2, -0.15) is 0 Å². The molecule has 0 N–H and O–H groups in total. The lowest BCUT2D eigenvalue weighted by Crippen LogP contribution is -2.40. The van der Waals surface area contributed by atoms with E-state index in [0.717, 1.165) is 24.8 Å². The topological polar surface area (TPSA) is 35.5 Å². The second-order valence-corrected chi connectivity index (χ2v) is 13.1. The van der Waals surface area contributed by atoms with Gasteiger partial charge in [0.15, 0.2) is 8.32 Å². The number of rotatable bonds is 5. The third-order valence-corrected chi connectivity index (χ3v) is 9.90. The molecule has 0 saturated heterocycles. The second-order valence-electron chi connectivity index (χ2n) is 8.28. The summed E-state index contributed by atoms with van der Waals surface area (Å²) in [5.74, 6) is -0.245. The number of aryl methyl sites for hydroxylation is 1. The maximum absolute atomic E-state index is 12.0. The van der Waals surface area contributed by atoms with Crippen molar-refractivity contribution in [2.24, 2.45) is 0 Å². The van der Waals surface area contributed by atoms with Crippen molar-refractivity contribution in [1.82, 2.24) is 0 Å². The zero-order valence-electron chi connectivity index (χ0n) is 16.6. The van der Waals surface area contributed by atoms with Gasteiger partial charge in [-0.05, 0) is 66.6 Å². The standard InChI is InChI=1S/C21H32O3Si/c1-7-23-19(22)14-17-12-8-10-16-11-9-13-18(20(16)17)15-24-25(5,6)21(2,3)4/h9,11,13-14H,7-8,10,12,15H2,1-6H3/b17-14+. The number of hydrogen-bond donors (Lipinski definition) is 0. The van der Waals surface area contributed by atoms with E-state index in [0.29, 0.717) is 13.2 Å². The Morgan fingerprint density at radius 1 is 1.24 bits per heavy atom. The van der Waals surface area contributed by atoms with Crippen LogP contribution in [0.2, 0.25) is 18.1 Å². The van der Waals surface area contributed by atoms with Crippen molar-refractivity contribution < 1.29 is 14.0 Å². The molecule has 25 heavy (non-hydrogen) atoms. The van der Waals surface area contributed by atoms with E-state index in [1.165, 1.54) is 16.7 Å². The summed E-state index contributed by atoms with van der Waals surface area (Å²) in [5, 5.41) is 0.186. The Balaban J connectivity index is 2.31. The molecule has 2 rings (SSSR count). The normalized spacial score (nSPS) is 16.6. The zero-order valence-corrected chi connectivity index (χ0v) is 17.6. The minimum atomic E-state index is -1.81. The first kappa shape index (κ1) is 19.9. The van der Waals surface area contributed by atoms with Crippen LogP contribution in [0.3, 0.4) is 0 Å². The van der Waals surface area contributed by atoms with Gasteiger partial charge in [-0.1, -0.05) is 39.0 Å².